The van der Waals surface area contributed by atoms with E-state index >= 15 is 0 Å². The van der Waals surface area contributed by atoms with Gasteiger partial charge >= 0.3 is 0 Å². The van der Waals surface area contributed by atoms with Gasteiger partial charge in [-0.25, -0.2) is 0 Å². The smallest absolute Gasteiger partial charge is 0.0741 e. The predicted molar refractivity (Wildman–Crippen MR) is 69.4 cm³/mol. The zero-order valence-corrected chi connectivity index (χ0v) is 11.8. The molecule has 0 spiro atoms. The number of thiophene rings is 1. The lowest BCUT2D eigenvalue weighted by atomic mass is 10.0. The Bertz CT molecular complexity index is 311. The summed E-state index contributed by atoms with van der Waals surface area (Å²) >= 11 is 5.17. The summed E-state index contributed by atoms with van der Waals surface area (Å²) in [6, 6.07) is 4.45. The highest BCUT2D eigenvalue weighted by molar-refractivity contribution is 9.11. The van der Waals surface area contributed by atoms with Gasteiger partial charge in [0.2, 0.25) is 0 Å². The molecule has 0 saturated carbocycles. The van der Waals surface area contributed by atoms with Gasteiger partial charge in [0.15, 0.2) is 0 Å². The van der Waals surface area contributed by atoms with Crippen molar-refractivity contribution in [2.45, 2.75) is 38.8 Å². The van der Waals surface area contributed by atoms with Gasteiger partial charge in [-0.1, -0.05) is 6.92 Å². The number of halogens is 1. The summed E-state index contributed by atoms with van der Waals surface area (Å²) in [6.07, 6.45) is 0.765. The highest BCUT2D eigenvalue weighted by atomic mass is 79.9. The highest BCUT2D eigenvalue weighted by Gasteiger charge is 2.18. The molecule has 86 valence electrons. The summed E-state index contributed by atoms with van der Waals surface area (Å²) in [5.41, 5.74) is -0.608. The van der Waals surface area contributed by atoms with Gasteiger partial charge in [-0.15, -0.1) is 11.3 Å². The van der Waals surface area contributed by atoms with Crippen molar-refractivity contribution in [1.82, 2.24) is 5.32 Å². The lowest BCUT2D eigenvalue weighted by Crippen LogP contribution is -2.38. The third kappa shape index (κ3) is 4.23. The maximum Gasteiger partial charge on any atom is 0.0741 e. The summed E-state index contributed by atoms with van der Waals surface area (Å²) in [6.45, 7) is 6.59. The van der Waals surface area contributed by atoms with Crippen molar-refractivity contribution < 1.29 is 5.11 Å². The second-order valence-electron chi connectivity index (χ2n) is 4.09. The van der Waals surface area contributed by atoms with E-state index < -0.39 is 5.60 Å². The summed E-state index contributed by atoms with van der Waals surface area (Å²) in [7, 11) is 0. The molecule has 4 heteroatoms. The lowest BCUT2D eigenvalue weighted by molar-refractivity contribution is 0.0535. The number of aliphatic hydroxyl groups is 1. The molecule has 2 N–H and O–H groups in total. The van der Waals surface area contributed by atoms with Gasteiger partial charge in [-0.2, -0.15) is 0 Å². The average molecular weight is 292 g/mol. The fourth-order valence-electron chi connectivity index (χ4n) is 1.16. The molecule has 0 fully saturated rings. The molecule has 0 amide bonds. The molecule has 0 aliphatic rings. The summed E-state index contributed by atoms with van der Waals surface area (Å²) in [5, 5.41) is 13.2. The van der Waals surface area contributed by atoms with Crippen LogP contribution in [0, 0.1) is 0 Å². The van der Waals surface area contributed by atoms with E-state index in [0.29, 0.717) is 12.6 Å². The van der Waals surface area contributed by atoms with Gasteiger partial charge in [0, 0.05) is 17.5 Å². The first-order valence-electron chi connectivity index (χ1n) is 5.15. The first-order chi connectivity index (χ1) is 6.94. The average Bonchev–Trinajstić information content (AvgIpc) is 2.61. The van der Waals surface area contributed by atoms with Gasteiger partial charge in [-0.05, 0) is 48.3 Å². The second-order valence-corrected chi connectivity index (χ2v) is 6.59. The van der Waals surface area contributed by atoms with Gasteiger partial charge in [0.25, 0.3) is 0 Å². The predicted octanol–water partition coefficient (Wildman–Crippen LogP) is 3.32. The summed E-state index contributed by atoms with van der Waals surface area (Å²) in [5.74, 6) is 0. The number of hydrogen-bond acceptors (Lipinski definition) is 3. The van der Waals surface area contributed by atoms with Crippen LogP contribution in [0.1, 0.15) is 38.1 Å². The number of rotatable bonds is 5. The number of hydrogen-bond donors (Lipinski definition) is 2. The largest absolute Gasteiger partial charge is 0.389 e. The Morgan fingerprint density at radius 1 is 1.60 bits per heavy atom. The van der Waals surface area contributed by atoms with E-state index in [0.717, 1.165) is 10.2 Å². The van der Waals surface area contributed by atoms with Crippen LogP contribution in [0.5, 0.6) is 0 Å². The van der Waals surface area contributed by atoms with Crippen molar-refractivity contribution in [2.75, 3.05) is 6.54 Å². The zero-order valence-electron chi connectivity index (χ0n) is 9.38. The van der Waals surface area contributed by atoms with Crippen molar-refractivity contribution in [2.24, 2.45) is 0 Å². The van der Waals surface area contributed by atoms with Gasteiger partial charge in [-0.3, -0.25) is 0 Å². The molecule has 0 saturated heterocycles. The van der Waals surface area contributed by atoms with Crippen molar-refractivity contribution in [1.29, 1.82) is 0 Å². The van der Waals surface area contributed by atoms with Crippen LogP contribution in [0.25, 0.3) is 0 Å². The molecule has 0 aliphatic carbocycles. The monoisotopic (exact) mass is 291 g/mol. The molecule has 0 aliphatic heterocycles. The number of nitrogens with one attached hydrogen (secondary N) is 1. The Kier molecular flexibility index (Phi) is 4.77. The van der Waals surface area contributed by atoms with E-state index in [2.05, 4.69) is 40.3 Å². The molecule has 0 aromatic carbocycles. The molecular formula is C11H18BrNOS. The molecular weight excluding hydrogens is 274 g/mol. The Hall–Kier alpha value is 0.1000. The van der Waals surface area contributed by atoms with Gasteiger partial charge in [0.1, 0.15) is 0 Å². The van der Waals surface area contributed by atoms with Crippen LogP contribution in [0.3, 0.4) is 0 Å². The molecule has 1 aromatic rings. The quantitative estimate of drug-likeness (QED) is 0.872. The maximum absolute atomic E-state index is 9.86. The zero-order chi connectivity index (χ0) is 11.5. The Morgan fingerprint density at radius 2 is 2.27 bits per heavy atom. The van der Waals surface area contributed by atoms with Crippen molar-refractivity contribution in [3.05, 3.63) is 20.8 Å². The third-order valence-corrected chi connectivity index (χ3v) is 4.38. The van der Waals surface area contributed by atoms with E-state index in [-0.39, 0.29) is 0 Å². The minimum absolute atomic E-state index is 0.291. The summed E-state index contributed by atoms with van der Waals surface area (Å²) in [4.78, 5) is 1.29. The van der Waals surface area contributed by atoms with Crippen molar-refractivity contribution in [3.8, 4) is 0 Å². The third-order valence-electron chi connectivity index (χ3n) is 2.57. The Balaban J connectivity index is 2.46. The van der Waals surface area contributed by atoms with E-state index in [4.69, 9.17) is 0 Å². The van der Waals surface area contributed by atoms with Crippen LogP contribution in [0.2, 0.25) is 0 Å². The molecule has 0 bridgehead atoms. The Labute approximate surface area is 104 Å². The van der Waals surface area contributed by atoms with E-state index in [9.17, 15) is 5.11 Å². The fraction of sp³-hybridized carbons (Fsp3) is 0.636. The molecule has 15 heavy (non-hydrogen) atoms. The molecule has 1 aromatic heterocycles. The minimum Gasteiger partial charge on any atom is -0.389 e. The molecule has 2 unspecified atom stereocenters. The highest BCUT2D eigenvalue weighted by Crippen LogP contribution is 2.27. The van der Waals surface area contributed by atoms with Crippen LogP contribution < -0.4 is 5.32 Å². The SMILES string of the molecule is CCC(C)(O)CNC(C)c1ccc(Br)s1. The van der Waals surface area contributed by atoms with E-state index in [1.807, 2.05) is 13.8 Å². The van der Waals surface area contributed by atoms with Crippen LogP contribution in [-0.2, 0) is 0 Å². The molecule has 2 nitrogen and oxygen atoms in total. The first-order valence-corrected chi connectivity index (χ1v) is 6.76. The van der Waals surface area contributed by atoms with E-state index in [1.54, 1.807) is 11.3 Å². The van der Waals surface area contributed by atoms with Crippen molar-refractivity contribution in [3.63, 3.8) is 0 Å². The van der Waals surface area contributed by atoms with Crippen LogP contribution in [0.15, 0.2) is 15.9 Å². The van der Waals surface area contributed by atoms with Crippen LogP contribution in [-0.4, -0.2) is 17.3 Å². The molecule has 1 rings (SSSR count). The van der Waals surface area contributed by atoms with E-state index in [1.165, 1.54) is 4.88 Å². The van der Waals surface area contributed by atoms with Crippen molar-refractivity contribution >= 4 is 27.3 Å². The molecule has 1 heterocycles. The summed E-state index contributed by atoms with van der Waals surface area (Å²) < 4.78 is 1.15. The maximum atomic E-state index is 9.86. The second kappa shape index (κ2) is 5.43. The van der Waals surface area contributed by atoms with Gasteiger partial charge in [0.05, 0.1) is 9.39 Å². The minimum atomic E-state index is -0.608. The topological polar surface area (TPSA) is 32.3 Å². The normalized spacial score (nSPS) is 17.4. The van der Waals surface area contributed by atoms with Crippen LogP contribution in [0.4, 0.5) is 0 Å². The fourth-order valence-corrected chi connectivity index (χ4v) is 2.61. The molecule has 0 radical (unpaired) electrons. The van der Waals surface area contributed by atoms with Gasteiger partial charge < -0.3 is 10.4 Å². The standard InChI is InChI=1S/C11H18BrNOS/c1-4-11(3,14)7-13-8(2)9-5-6-10(12)15-9/h5-6,8,13-14H,4,7H2,1-3H3. The Morgan fingerprint density at radius 3 is 2.73 bits per heavy atom. The first kappa shape index (κ1) is 13.2. The molecule has 2 atom stereocenters. The lowest BCUT2D eigenvalue weighted by Gasteiger charge is -2.24. The van der Waals surface area contributed by atoms with Crippen LogP contribution >= 0.6 is 27.3 Å².